The molecular weight excluding hydrogens is 263 g/mol. The van der Waals surface area contributed by atoms with Gasteiger partial charge in [0.15, 0.2) is 0 Å². The predicted octanol–water partition coefficient (Wildman–Crippen LogP) is 3.38. The van der Waals surface area contributed by atoms with Crippen LogP contribution in [0.3, 0.4) is 0 Å². The second-order valence-corrected chi connectivity index (χ2v) is 4.77. The van der Waals surface area contributed by atoms with Crippen molar-refractivity contribution in [1.29, 1.82) is 0 Å². The van der Waals surface area contributed by atoms with Crippen LogP contribution < -0.4 is 11.1 Å². The van der Waals surface area contributed by atoms with Crippen molar-refractivity contribution in [3.05, 3.63) is 53.8 Å². The van der Waals surface area contributed by atoms with Crippen LogP contribution in [-0.2, 0) is 0 Å². The molecule has 0 aliphatic heterocycles. The van der Waals surface area contributed by atoms with E-state index in [4.69, 9.17) is 5.73 Å². The number of hydrogen-bond donors (Lipinski definition) is 2. The van der Waals surface area contributed by atoms with Crippen LogP contribution in [0.5, 0.6) is 0 Å². The van der Waals surface area contributed by atoms with E-state index in [2.05, 4.69) is 5.32 Å². The summed E-state index contributed by atoms with van der Waals surface area (Å²) >= 11 is 1.58. The third-order valence-electron chi connectivity index (χ3n) is 2.63. The SMILES string of the molecule is CSc1cccc(NC(=O)c2cccc(F)c2N)c1. The molecule has 2 aromatic rings. The molecule has 0 aliphatic rings. The van der Waals surface area contributed by atoms with Crippen LogP contribution in [0, 0.1) is 5.82 Å². The molecule has 0 spiro atoms. The van der Waals surface area contributed by atoms with Gasteiger partial charge in [0.25, 0.3) is 5.91 Å². The van der Waals surface area contributed by atoms with E-state index >= 15 is 0 Å². The highest BCUT2D eigenvalue weighted by Crippen LogP contribution is 2.21. The van der Waals surface area contributed by atoms with Crippen molar-refractivity contribution >= 4 is 29.0 Å². The summed E-state index contributed by atoms with van der Waals surface area (Å²) in [6.07, 6.45) is 1.95. The third kappa shape index (κ3) is 3.06. The molecule has 98 valence electrons. The number of anilines is 2. The summed E-state index contributed by atoms with van der Waals surface area (Å²) in [5, 5.41) is 2.70. The topological polar surface area (TPSA) is 55.1 Å². The summed E-state index contributed by atoms with van der Waals surface area (Å²) < 4.78 is 13.3. The summed E-state index contributed by atoms with van der Waals surface area (Å²) in [6.45, 7) is 0. The molecule has 0 heterocycles. The van der Waals surface area contributed by atoms with Gasteiger partial charge in [0.05, 0.1) is 11.3 Å². The number of carbonyl (C=O) groups excluding carboxylic acids is 1. The lowest BCUT2D eigenvalue weighted by atomic mass is 10.1. The molecule has 19 heavy (non-hydrogen) atoms. The number of hydrogen-bond acceptors (Lipinski definition) is 3. The fourth-order valence-electron chi connectivity index (χ4n) is 1.63. The number of nitrogens with one attached hydrogen (secondary N) is 1. The monoisotopic (exact) mass is 276 g/mol. The highest BCUT2D eigenvalue weighted by Gasteiger charge is 2.12. The summed E-state index contributed by atoms with van der Waals surface area (Å²) in [7, 11) is 0. The van der Waals surface area contributed by atoms with Crippen LogP contribution in [0.4, 0.5) is 15.8 Å². The molecule has 2 aromatic carbocycles. The highest BCUT2D eigenvalue weighted by molar-refractivity contribution is 7.98. The van der Waals surface area contributed by atoms with Gasteiger partial charge in [0.2, 0.25) is 0 Å². The molecule has 0 bridgehead atoms. The highest BCUT2D eigenvalue weighted by atomic mass is 32.2. The molecule has 1 amide bonds. The first kappa shape index (κ1) is 13.4. The fraction of sp³-hybridized carbons (Fsp3) is 0.0714. The minimum Gasteiger partial charge on any atom is -0.396 e. The van der Waals surface area contributed by atoms with Gasteiger partial charge in [0.1, 0.15) is 5.82 Å². The van der Waals surface area contributed by atoms with E-state index in [0.29, 0.717) is 5.69 Å². The quantitative estimate of drug-likeness (QED) is 0.667. The minimum atomic E-state index is -0.592. The van der Waals surface area contributed by atoms with Gasteiger partial charge < -0.3 is 11.1 Å². The summed E-state index contributed by atoms with van der Waals surface area (Å²) in [5.74, 6) is -1.01. The van der Waals surface area contributed by atoms with Gasteiger partial charge >= 0.3 is 0 Å². The number of para-hydroxylation sites is 1. The molecule has 0 aliphatic carbocycles. The molecule has 0 unspecified atom stereocenters. The van der Waals surface area contributed by atoms with E-state index in [0.717, 1.165) is 4.90 Å². The number of benzene rings is 2. The van der Waals surface area contributed by atoms with Gasteiger partial charge in [-0.25, -0.2) is 4.39 Å². The smallest absolute Gasteiger partial charge is 0.257 e. The third-order valence-corrected chi connectivity index (χ3v) is 3.35. The van der Waals surface area contributed by atoms with Crippen LogP contribution in [0.15, 0.2) is 47.4 Å². The first-order chi connectivity index (χ1) is 9.11. The maximum Gasteiger partial charge on any atom is 0.257 e. The Bertz CT molecular complexity index is 616. The Labute approximate surface area is 115 Å². The van der Waals surface area contributed by atoms with E-state index < -0.39 is 11.7 Å². The number of nitrogen functional groups attached to an aromatic ring is 1. The first-order valence-electron chi connectivity index (χ1n) is 5.61. The molecule has 3 N–H and O–H groups in total. The molecule has 0 atom stereocenters. The lowest BCUT2D eigenvalue weighted by Gasteiger charge is -2.08. The van der Waals surface area contributed by atoms with E-state index in [1.54, 1.807) is 17.8 Å². The van der Waals surface area contributed by atoms with Gasteiger partial charge in [-0.15, -0.1) is 11.8 Å². The van der Waals surface area contributed by atoms with Gasteiger partial charge in [-0.2, -0.15) is 0 Å². The first-order valence-corrected chi connectivity index (χ1v) is 6.83. The van der Waals surface area contributed by atoms with Gasteiger partial charge in [-0.05, 0) is 36.6 Å². The lowest BCUT2D eigenvalue weighted by molar-refractivity contribution is 0.102. The van der Waals surface area contributed by atoms with Crippen molar-refractivity contribution in [2.45, 2.75) is 4.90 Å². The molecule has 0 saturated carbocycles. The normalized spacial score (nSPS) is 10.2. The molecule has 2 rings (SSSR count). The Hall–Kier alpha value is -2.01. The molecule has 0 fully saturated rings. The molecule has 0 radical (unpaired) electrons. The van der Waals surface area contributed by atoms with Gasteiger partial charge in [-0.1, -0.05) is 12.1 Å². The van der Waals surface area contributed by atoms with Crippen LogP contribution in [0.1, 0.15) is 10.4 Å². The maximum atomic E-state index is 13.3. The molecular formula is C14H13FN2OS. The van der Waals surface area contributed by atoms with Crippen molar-refractivity contribution in [2.24, 2.45) is 0 Å². The molecule has 0 aromatic heterocycles. The summed E-state index contributed by atoms with van der Waals surface area (Å²) in [6, 6.07) is 11.6. The number of halogens is 1. The van der Waals surface area contributed by atoms with Gasteiger partial charge in [0, 0.05) is 10.6 Å². The summed E-state index contributed by atoms with van der Waals surface area (Å²) in [5.41, 5.74) is 6.20. The maximum absolute atomic E-state index is 13.3. The van der Waals surface area contributed by atoms with E-state index in [-0.39, 0.29) is 11.3 Å². The van der Waals surface area contributed by atoms with Gasteiger partial charge in [-0.3, -0.25) is 4.79 Å². The number of rotatable bonds is 3. The summed E-state index contributed by atoms with van der Waals surface area (Å²) in [4.78, 5) is 13.1. The Kier molecular flexibility index (Phi) is 4.06. The number of amides is 1. The Morgan fingerprint density at radius 1 is 1.26 bits per heavy atom. The zero-order valence-electron chi connectivity index (χ0n) is 10.3. The molecule has 3 nitrogen and oxygen atoms in total. The van der Waals surface area contributed by atoms with Crippen molar-refractivity contribution in [3.8, 4) is 0 Å². The number of carbonyl (C=O) groups is 1. The standard InChI is InChI=1S/C14H13FN2OS/c1-19-10-5-2-4-9(8-10)17-14(18)11-6-3-7-12(15)13(11)16/h2-8H,16H2,1H3,(H,17,18). The number of thioether (sulfide) groups is 1. The van der Waals surface area contributed by atoms with E-state index in [9.17, 15) is 9.18 Å². The van der Waals surface area contributed by atoms with E-state index in [1.807, 2.05) is 24.5 Å². The van der Waals surface area contributed by atoms with Crippen LogP contribution in [-0.4, -0.2) is 12.2 Å². The lowest BCUT2D eigenvalue weighted by Crippen LogP contribution is -2.14. The second-order valence-electron chi connectivity index (χ2n) is 3.89. The average molecular weight is 276 g/mol. The molecule has 5 heteroatoms. The number of nitrogens with two attached hydrogens (primary N) is 1. The van der Waals surface area contributed by atoms with E-state index in [1.165, 1.54) is 18.2 Å². The second kappa shape index (κ2) is 5.75. The van der Waals surface area contributed by atoms with Crippen LogP contribution in [0.2, 0.25) is 0 Å². The van der Waals surface area contributed by atoms with Crippen LogP contribution in [0.25, 0.3) is 0 Å². The van der Waals surface area contributed by atoms with Crippen molar-refractivity contribution in [3.63, 3.8) is 0 Å². The van der Waals surface area contributed by atoms with Crippen molar-refractivity contribution < 1.29 is 9.18 Å². The largest absolute Gasteiger partial charge is 0.396 e. The fourth-order valence-corrected chi connectivity index (χ4v) is 2.09. The minimum absolute atomic E-state index is 0.134. The Morgan fingerprint density at radius 3 is 2.74 bits per heavy atom. The zero-order chi connectivity index (χ0) is 13.8. The van der Waals surface area contributed by atoms with Crippen molar-refractivity contribution in [2.75, 3.05) is 17.3 Å². The van der Waals surface area contributed by atoms with Crippen molar-refractivity contribution in [1.82, 2.24) is 0 Å². The Morgan fingerprint density at radius 2 is 2.00 bits per heavy atom. The Balaban J connectivity index is 2.23. The zero-order valence-corrected chi connectivity index (χ0v) is 11.1. The molecule has 0 saturated heterocycles. The predicted molar refractivity (Wildman–Crippen MR) is 77.0 cm³/mol. The van der Waals surface area contributed by atoms with Crippen LogP contribution >= 0.6 is 11.8 Å². The average Bonchev–Trinajstić information content (AvgIpc) is 2.42.